The van der Waals surface area contributed by atoms with E-state index in [1.165, 1.54) is 0 Å². The third-order valence-corrected chi connectivity index (χ3v) is 2.11. The van der Waals surface area contributed by atoms with Crippen LogP contribution in [0.15, 0.2) is 0 Å². The summed E-state index contributed by atoms with van der Waals surface area (Å²) in [6, 6.07) is 0. The van der Waals surface area contributed by atoms with Crippen LogP contribution in [0.1, 0.15) is 26.7 Å². The number of ether oxygens (including phenoxy) is 2. The predicted octanol–water partition coefficient (Wildman–Crippen LogP) is 1.36. The second-order valence-electron chi connectivity index (χ2n) is 3.15. The Kier molecular flexibility index (Phi) is 3.53. The molecule has 0 radical (unpaired) electrons. The standard InChI is InChI=1S/C9H16O3/c1-3-11-9(10)8-4-5-12-7(2)6-8/h7-8H,3-6H2,1-2H3. The van der Waals surface area contributed by atoms with Gasteiger partial charge in [0.25, 0.3) is 0 Å². The average molecular weight is 172 g/mol. The normalized spacial score (nSPS) is 29.8. The van der Waals surface area contributed by atoms with Crippen molar-refractivity contribution in [3.8, 4) is 0 Å². The van der Waals surface area contributed by atoms with Crippen LogP contribution in [0.3, 0.4) is 0 Å². The molecule has 1 fully saturated rings. The fourth-order valence-electron chi connectivity index (χ4n) is 1.47. The molecule has 0 amide bonds. The highest BCUT2D eigenvalue weighted by Crippen LogP contribution is 2.20. The molecule has 0 aromatic heterocycles. The van der Waals surface area contributed by atoms with E-state index in [0.717, 1.165) is 12.8 Å². The summed E-state index contributed by atoms with van der Waals surface area (Å²) >= 11 is 0. The number of carbonyl (C=O) groups excluding carboxylic acids is 1. The molecular formula is C9H16O3. The number of carbonyl (C=O) groups is 1. The molecule has 0 aromatic rings. The van der Waals surface area contributed by atoms with Crippen molar-refractivity contribution in [2.75, 3.05) is 13.2 Å². The quantitative estimate of drug-likeness (QED) is 0.590. The van der Waals surface area contributed by atoms with E-state index in [1.807, 2.05) is 13.8 Å². The minimum absolute atomic E-state index is 0.0624. The van der Waals surface area contributed by atoms with Gasteiger partial charge in [-0.1, -0.05) is 0 Å². The summed E-state index contributed by atoms with van der Waals surface area (Å²) in [5.41, 5.74) is 0. The fourth-order valence-corrected chi connectivity index (χ4v) is 1.47. The summed E-state index contributed by atoms with van der Waals surface area (Å²) < 4.78 is 10.3. The molecule has 3 heteroatoms. The van der Waals surface area contributed by atoms with E-state index in [1.54, 1.807) is 0 Å². The second kappa shape index (κ2) is 4.45. The Morgan fingerprint density at radius 1 is 1.67 bits per heavy atom. The summed E-state index contributed by atoms with van der Waals surface area (Å²) in [7, 11) is 0. The van der Waals surface area contributed by atoms with E-state index in [-0.39, 0.29) is 18.0 Å². The SMILES string of the molecule is CCOC(=O)C1CCOC(C)C1. The third kappa shape index (κ3) is 2.48. The molecule has 2 unspecified atom stereocenters. The van der Waals surface area contributed by atoms with Crippen LogP contribution in [0.2, 0.25) is 0 Å². The van der Waals surface area contributed by atoms with Crippen LogP contribution in [0.4, 0.5) is 0 Å². The first kappa shape index (κ1) is 9.52. The van der Waals surface area contributed by atoms with Gasteiger partial charge in [-0.15, -0.1) is 0 Å². The van der Waals surface area contributed by atoms with E-state index >= 15 is 0 Å². The van der Waals surface area contributed by atoms with Crippen LogP contribution < -0.4 is 0 Å². The Labute approximate surface area is 73.0 Å². The smallest absolute Gasteiger partial charge is 0.309 e. The highest BCUT2D eigenvalue weighted by molar-refractivity contribution is 5.72. The van der Waals surface area contributed by atoms with Crippen LogP contribution in [0, 0.1) is 5.92 Å². The van der Waals surface area contributed by atoms with E-state index < -0.39 is 0 Å². The van der Waals surface area contributed by atoms with Crippen molar-refractivity contribution in [1.82, 2.24) is 0 Å². The first-order chi connectivity index (χ1) is 5.74. The lowest BCUT2D eigenvalue weighted by molar-refractivity contribution is -0.152. The molecule has 0 bridgehead atoms. The first-order valence-corrected chi connectivity index (χ1v) is 4.52. The van der Waals surface area contributed by atoms with Crippen LogP contribution >= 0.6 is 0 Å². The highest BCUT2D eigenvalue weighted by Gasteiger charge is 2.26. The van der Waals surface area contributed by atoms with E-state index in [0.29, 0.717) is 13.2 Å². The Morgan fingerprint density at radius 2 is 2.42 bits per heavy atom. The van der Waals surface area contributed by atoms with Gasteiger partial charge < -0.3 is 9.47 Å². The number of hydrogen-bond acceptors (Lipinski definition) is 3. The van der Waals surface area contributed by atoms with Crippen molar-refractivity contribution < 1.29 is 14.3 Å². The van der Waals surface area contributed by atoms with E-state index in [9.17, 15) is 4.79 Å². The average Bonchev–Trinajstić information content (AvgIpc) is 2.05. The van der Waals surface area contributed by atoms with Gasteiger partial charge in [0.15, 0.2) is 0 Å². The molecule has 1 aliphatic rings. The molecule has 1 heterocycles. The van der Waals surface area contributed by atoms with E-state index in [4.69, 9.17) is 9.47 Å². The maximum Gasteiger partial charge on any atom is 0.309 e. The van der Waals surface area contributed by atoms with Gasteiger partial charge in [-0.3, -0.25) is 4.79 Å². The molecule has 70 valence electrons. The zero-order valence-electron chi connectivity index (χ0n) is 7.71. The van der Waals surface area contributed by atoms with Crippen LogP contribution in [-0.4, -0.2) is 25.3 Å². The monoisotopic (exact) mass is 172 g/mol. The van der Waals surface area contributed by atoms with Crippen LogP contribution in [0.25, 0.3) is 0 Å². The minimum atomic E-state index is -0.0624. The predicted molar refractivity (Wildman–Crippen MR) is 44.8 cm³/mol. The van der Waals surface area contributed by atoms with Gasteiger partial charge >= 0.3 is 5.97 Å². The molecule has 0 saturated carbocycles. The first-order valence-electron chi connectivity index (χ1n) is 4.52. The Morgan fingerprint density at radius 3 is 3.00 bits per heavy atom. The van der Waals surface area contributed by atoms with Gasteiger partial charge in [-0.05, 0) is 26.7 Å². The number of esters is 1. The summed E-state index contributed by atoms with van der Waals surface area (Å²) in [6.07, 6.45) is 1.82. The van der Waals surface area contributed by atoms with Crippen molar-refractivity contribution >= 4 is 5.97 Å². The van der Waals surface area contributed by atoms with Crippen LogP contribution in [-0.2, 0) is 14.3 Å². The van der Waals surface area contributed by atoms with Gasteiger partial charge in [-0.25, -0.2) is 0 Å². The maximum absolute atomic E-state index is 11.3. The number of hydrogen-bond donors (Lipinski definition) is 0. The lowest BCUT2D eigenvalue weighted by Gasteiger charge is -2.25. The van der Waals surface area contributed by atoms with Gasteiger partial charge in [0.2, 0.25) is 0 Å². The molecule has 0 spiro atoms. The molecule has 0 aliphatic carbocycles. The van der Waals surface area contributed by atoms with Gasteiger partial charge in [0, 0.05) is 6.61 Å². The lowest BCUT2D eigenvalue weighted by atomic mass is 9.96. The lowest BCUT2D eigenvalue weighted by Crippen LogP contribution is -2.29. The molecule has 2 atom stereocenters. The van der Waals surface area contributed by atoms with Crippen molar-refractivity contribution in [2.24, 2.45) is 5.92 Å². The summed E-state index contributed by atoms with van der Waals surface area (Å²) in [5.74, 6) is 0.00125. The topological polar surface area (TPSA) is 35.5 Å². The van der Waals surface area contributed by atoms with Gasteiger partial charge in [-0.2, -0.15) is 0 Å². The molecule has 1 saturated heterocycles. The largest absolute Gasteiger partial charge is 0.466 e. The molecular weight excluding hydrogens is 156 g/mol. The molecule has 0 N–H and O–H groups in total. The second-order valence-corrected chi connectivity index (χ2v) is 3.15. The Bertz CT molecular complexity index is 156. The molecule has 1 aliphatic heterocycles. The third-order valence-electron chi connectivity index (χ3n) is 2.11. The minimum Gasteiger partial charge on any atom is -0.466 e. The maximum atomic E-state index is 11.3. The Hall–Kier alpha value is -0.570. The van der Waals surface area contributed by atoms with Crippen LogP contribution in [0.5, 0.6) is 0 Å². The van der Waals surface area contributed by atoms with Crippen molar-refractivity contribution in [3.05, 3.63) is 0 Å². The number of rotatable bonds is 2. The van der Waals surface area contributed by atoms with E-state index in [2.05, 4.69) is 0 Å². The summed E-state index contributed by atoms with van der Waals surface area (Å²) in [6.45, 7) is 4.99. The molecule has 3 nitrogen and oxygen atoms in total. The highest BCUT2D eigenvalue weighted by atomic mass is 16.5. The summed E-state index contributed by atoms with van der Waals surface area (Å²) in [5, 5.41) is 0. The molecule has 0 aromatic carbocycles. The zero-order valence-corrected chi connectivity index (χ0v) is 7.71. The fraction of sp³-hybridized carbons (Fsp3) is 0.889. The zero-order chi connectivity index (χ0) is 8.97. The summed E-state index contributed by atoms with van der Waals surface area (Å²) in [4.78, 5) is 11.3. The van der Waals surface area contributed by atoms with Gasteiger partial charge in [0.05, 0.1) is 18.6 Å². The van der Waals surface area contributed by atoms with Crippen molar-refractivity contribution in [1.29, 1.82) is 0 Å². The molecule has 1 rings (SSSR count). The van der Waals surface area contributed by atoms with Crippen molar-refractivity contribution in [2.45, 2.75) is 32.8 Å². The molecule has 12 heavy (non-hydrogen) atoms. The van der Waals surface area contributed by atoms with Crippen molar-refractivity contribution in [3.63, 3.8) is 0 Å². The Balaban J connectivity index is 2.35. The van der Waals surface area contributed by atoms with Gasteiger partial charge in [0.1, 0.15) is 0 Å².